The van der Waals surface area contributed by atoms with E-state index >= 15 is 0 Å². The summed E-state index contributed by atoms with van der Waals surface area (Å²) < 4.78 is 13.8. The number of halogens is 1. The lowest BCUT2D eigenvalue weighted by Gasteiger charge is -2.35. The number of benzene rings is 1. The number of carbonyl (C=O) groups is 1. The first-order valence-corrected chi connectivity index (χ1v) is 5.80. The van der Waals surface area contributed by atoms with Gasteiger partial charge in [-0.05, 0) is 38.9 Å². The minimum atomic E-state index is -1.26. The van der Waals surface area contributed by atoms with Gasteiger partial charge in [-0.25, -0.2) is 9.18 Å². The van der Waals surface area contributed by atoms with Crippen molar-refractivity contribution in [2.24, 2.45) is 0 Å². The molecule has 1 N–H and O–H groups in total. The first kappa shape index (κ1) is 12.0. The summed E-state index contributed by atoms with van der Waals surface area (Å²) in [6.45, 7) is 2.99. The highest BCUT2D eigenvalue weighted by atomic mass is 19.1. The average Bonchev–Trinajstić information content (AvgIpc) is 2.82. The Morgan fingerprint density at radius 1 is 1.35 bits per heavy atom. The molecule has 0 bridgehead atoms. The Bertz CT molecular complexity index is 429. The lowest BCUT2D eigenvalue weighted by molar-refractivity contribution is -0.150. The van der Waals surface area contributed by atoms with Crippen molar-refractivity contribution in [3.05, 3.63) is 35.6 Å². The summed E-state index contributed by atoms with van der Waals surface area (Å²) >= 11 is 0. The van der Waals surface area contributed by atoms with E-state index in [1.165, 1.54) is 6.07 Å². The van der Waals surface area contributed by atoms with E-state index < -0.39 is 17.3 Å². The van der Waals surface area contributed by atoms with Gasteiger partial charge in [0.1, 0.15) is 11.4 Å². The summed E-state index contributed by atoms with van der Waals surface area (Å²) in [6, 6.07) is 6.12. The number of rotatable bonds is 3. The van der Waals surface area contributed by atoms with Crippen LogP contribution in [0.1, 0.15) is 25.3 Å². The first-order chi connectivity index (χ1) is 8.06. The fraction of sp³-hybridized carbons (Fsp3) is 0.462. The van der Waals surface area contributed by atoms with Crippen LogP contribution in [0.3, 0.4) is 0 Å². The summed E-state index contributed by atoms with van der Waals surface area (Å²) in [5.41, 5.74) is -1.02. The van der Waals surface area contributed by atoms with E-state index in [1.807, 2.05) is 4.90 Å². The number of hydrogen-bond acceptors (Lipinski definition) is 2. The minimum absolute atomic E-state index is 0.245. The molecule has 0 aromatic heterocycles. The molecule has 1 aliphatic rings. The van der Waals surface area contributed by atoms with Crippen LogP contribution in [0, 0.1) is 5.82 Å². The van der Waals surface area contributed by atoms with Gasteiger partial charge in [-0.1, -0.05) is 18.2 Å². The lowest BCUT2D eigenvalue weighted by Crippen LogP contribution is -2.49. The van der Waals surface area contributed by atoms with Crippen LogP contribution in [-0.2, 0) is 10.3 Å². The molecule has 0 amide bonds. The van der Waals surface area contributed by atoms with Gasteiger partial charge in [0.25, 0.3) is 0 Å². The molecule has 0 saturated carbocycles. The zero-order valence-electron chi connectivity index (χ0n) is 9.82. The van der Waals surface area contributed by atoms with E-state index in [-0.39, 0.29) is 5.56 Å². The normalized spacial score (nSPS) is 20.1. The van der Waals surface area contributed by atoms with Gasteiger partial charge in [0.05, 0.1) is 0 Å². The van der Waals surface area contributed by atoms with E-state index in [9.17, 15) is 14.3 Å². The van der Waals surface area contributed by atoms with Crippen molar-refractivity contribution in [2.75, 3.05) is 13.1 Å². The summed E-state index contributed by atoms with van der Waals surface area (Å²) in [7, 11) is 0. The third-order valence-corrected chi connectivity index (χ3v) is 3.55. The van der Waals surface area contributed by atoms with Gasteiger partial charge in [-0.15, -0.1) is 0 Å². The van der Waals surface area contributed by atoms with Crippen molar-refractivity contribution < 1.29 is 14.3 Å². The zero-order valence-corrected chi connectivity index (χ0v) is 9.82. The minimum Gasteiger partial charge on any atom is -0.480 e. The molecule has 1 heterocycles. The maximum atomic E-state index is 13.8. The van der Waals surface area contributed by atoms with E-state index in [2.05, 4.69) is 0 Å². The van der Waals surface area contributed by atoms with Gasteiger partial charge in [0, 0.05) is 5.56 Å². The molecule has 1 aromatic carbocycles. The Labute approximate surface area is 99.9 Å². The molecule has 0 radical (unpaired) electrons. The van der Waals surface area contributed by atoms with Crippen LogP contribution >= 0.6 is 0 Å². The van der Waals surface area contributed by atoms with E-state index in [0.717, 1.165) is 12.8 Å². The molecule has 1 unspecified atom stereocenters. The van der Waals surface area contributed by atoms with Crippen LogP contribution in [0.4, 0.5) is 4.39 Å². The third-order valence-electron chi connectivity index (χ3n) is 3.55. The molecule has 1 atom stereocenters. The van der Waals surface area contributed by atoms with Gasteiger partial charge in [0.2, 0.25) is 0 Å². The monoisotopic (exact) mass is 237 g/mol. The summed E-state index contributed by atoms with van der Waals surface area (Å²) in [6.07, 6.45) is 1.94. The molecule has 3 nitrogen and oxygen atoms in total. The Morgan fingerprint density at radius 2 is 1.94 bits per heavy atom. The smallest absolute Gasteiger partial charge is 0.328 e. The molecule has 1 aliphatic heterocycles. The average molecular weight is 237 g/mol. The Balaban J connectivity index is 2.47. The number of carboxylic acids is 1. The van der Waals surface area contributed by atoms with Crippen LogP contribution in [-0.4, -0.2) is 29.1 Å². The predicted octanol–water partition coefficient (Wildman–Crippen LogP) is 2.22. The maximum absolute atomic E-state index is 13.8. The molecular weight excluding hydrogens is 221 g/mol. The number of aliphatic carboxylic acids is 1. The number of carboxylic acid groups (broad SMARTS) is 1. The van der Waals surface area contributed by atoms with E-state index in [0.29, 0.717) is 13.1 Å². The summed E-state index contributed by atoms with van der Waals surface area (Å²) in [5.74, 6) is -1.45. The van der Waals surface area contributed by atoms with Crippen LogP contribution in [0.25, 0.3) is 0 Å². The number of likely N-dealkylation sites (tertiary alicyclic amines) is 1. The third kappa shape index (κ3) is 1.93. The van der Waals surface area contributed by atoms with Crippen LogP contribution < -0.4 is 0 Å². The topological polar surface area (TPSA) is 40.5 Å². The van der Waals surface area contributed by atoms with Gasteiger partial charge in [-0.2, -0.15) is 0 Å². The summed E-state index contributed by atoms with van der Waals surface area (Å²) in [4.78, 5) is 13.4. The van der Waals surface area contributed by atoms with Crippen LogP contribution in [0.15, 0.2) is 24.3 Å². The fourth-order valence-corrected chi connectivity index (χ4v) is 2.44. The quantitative estimate of drug-likeness (QED) is 0.876. The molecule has 2 rings (SSSR count). The van der Waals surface area contributed by atoms with Gasteiger partial charge >= 0.3 is 5.97 Å². The molecule has 17 heavy (non-hydrogen) atoms. The van der Waals surface area contributed by atoms with E-state index in [1.54, 1.807) is 25.1 Å². The van der Waals surface area contributed by atoms with Gasteiger partial charge < -0.3 is 5.11 Å². The Hall–Kier alpha value is -1.42. The molecular formula is C13H16FNO2. The SMILES string of the molecule is CC(C(=O)O)(c1ccccc1F)N1CCCC1. The van der Waals surface area contributed by atoms with Gasteiger partial charge in [0.15, 0.2) is 0 Å². The predicted molar refractivity (Wildman–Crippen MR) is 62.2 cm³/mol. The molecule has 1 saturated heterocycles. The largest absolute Gasteiger partial charge is 0.480 e. The second-order valence-electron chi connectivity index (χ2n) is 4.55. The second-order valence-corrected chi connectivity index (χ2v) is 4.55. The lowest BCUT2D eigenvalue weighted by atomic mass is 9.90. The Kier molecular flexibility index (Phi) is 3.15. The molecule has 0 spiro atoms. The molecule has 1 fully saturated rings. The molecule has 1 aromatic rings. The van der Waals surface area contributed by atoms with Crippen LogP contribution in [0.5, 0.6) is 0 Å². The van der Waals surface area contributed by atoms with E-state index in [4.69, 9.17) is 0 Å². The number of hydrogen-bond donors (Lipinski definition) is 1. The van der Waals surface area contributed by atoms with Crippen LogP contribution in [0.2, 0.25) is 0 Å². The van der Waals surface area contributed by atoms with Crippen molar-refractivity contribution in [1.82, 2.24) is 4.90 Å². The van der Waals surface area contributed by atoms with Crippen molar-refractivity contribution in [1.29, 1.82) is 0 Å². The highest BCUT2D eigenvalue weighted by molar-refractivity contribution is 5.80. The fourth-order valence-electron chi connectivity index (χ4n) is 2.44. The standard InChI is InChI=1S/C13H16FNO2/c1-13(12(16)17,15-8-4-5-9-15)10-6-2-3-7-11(10)14/h2-3,6-7H,4-5,8-9H2,1H3,(H,16,17). The second kappa shape index (κ2) is 4.45. The van der Waals surface area contributed by atoms with Crippen molar-refractivity contribution in [2.45, 2.75) is 25.3 Å². The Morgan fingerprint density at radius 3 is 2.47 bits per heavy atom. The highest BCUT2D eigenvalue weighted by Crippen LogP contribution is 2.33. The van der Waals surface area contributed by atoms with Crippen molar-refractivity contribution in [3.63, 3.8) is 0 Å². The first-order valence-electron chi connectivity index (χ1n) is 5.80. The molecule has 92 valence electrons. The molecule has 0 aliphatic carbocycles. The number of nitrogens with zero attached hydrogens (tertiary/aromatic N) is 1. The van der Waals surface area contributed by atoms with Crippen molar-refractivity contribution >= 4 is 5.97 Å². The zero-order chi connectivity index (χ0) is 12.5. The van der Waals surface area contributed by atoms with Gasteiger partial charge in [-0.3, -0.25) is 4.90 Å². The summed E-state index contributed by atoms with van der Waals surface area (Å²) in [5, 5.41) is 9.46. The highest BCUT2D eigenvalue weighted by Gasteiger charge is 2.43. The van der Waals surface area contributed by atoms with Crippen molar-refractivity contribution in [3.8, 4) is 0 Å². The maximum Gasteiger partial charge on any atom is 0.328 e. The molecule has 4 heteroatoms.